The van der Waals surface area contributed by atoms with Crippen LogP contribution in [0, 0.1) is 3.57 Å². The quantitative estimate of drug-likeness (QED) is 0.371. The maximum absolute atomic E-state index is 5.71. The molecule has 0 fully saturated rings. The van der Waals surface area contributed by atoms with Crippen molar-refractivity contribution in [2.45, 2.75) is 12.5 Å². The molecule has 0 bridgehead atoms. The number of halogens is 3. The summed E-state index contributed by atoms with van der Waals surface area (Å²) in [6, 6.07) is 14.7. The Morgan fingerprint density at radius 1 is 1.11 bits per heavy atom. The molecule has 0 radical (unpaired) electrons. The Labute approximate surface area is 143 Å². The van der Waals surface area contributed by atoms with Crippen molar-refractivity contribution < 1.29 is 0 Å². The molecule has 1 atom stereocenters. The molecule has 0 saturated heterocycles. The smallest absolute Gasteiger partial charge is 0.0511 e. The third kappa shape index (κ3) is 4.26. The van der Waals surface area contributed by atoms with Gasteiger partial charge in [0.1, 0.15) is 0 Å². The van der Waals surface area contributed by atoms with Gasteiger partial charge in [-0.2, -0.15) is 0 Å². The zero-order chi connectivity index (χ0) is 13.8. The second kappa shape index (κ2) is 7.17. The van der Waals surface area contributed by atoms with Crippen LogP contribution in [0.4, 0.5) is 0 Å². The van der Waals surface area contributed by atoms with Crippen LogP contribution in [0.25, 0.3) is 0 Å². The maximum Gasteiger partial charge on any atom is 0.0511 e. The van der Waals surface area contributed by atoms with Gasteiger partial charge in [0.05, 0.1) is 6.04 Å². The lowest BCUT2D eigenvalue weighted by atomic mass is 9.99. The summed E-state index contributed by atoms with van der Waals surface area (Å²) in [6.07, 6.45) is 0.855. The molecule has 2 rings (SSSR count). The predicted molar refractivity (Wildman–Crippen MR) is 94.8 cm³/mol. The molecule has 2 nitrogen and oxygen atoms in total. The second-order valence-corrected chi connectivity index (χ2v) is 7.23. The lowest BCUT2D eigenvalue weighted by Crippen LogP contribution is -2.29. The van der Waals surface area contributed by atoms with E-state index in [1.807, 2.05) is 12.1 Å². The first-order valence-corrected chi connectivity index (χ1v) is 8.42. The summed E-state index contributed by atoms with van der Waals surface area (Å²) in [6.45, 7) is 0. The van der Waals surface area contributed by atoms with Crippen LogP contribution in [0.2, 0.25) is 0 Å². The number of nitrogens with one attached hydrogen (secondary N) is 1. The van der Waals surface area contributed by atoms with E-state index in [2.05, 4.69) is 90.2 Å². The summed E-state index contributed by atoms with van der Waals surface area (Å²) in [7, 11) is 0. The first-order valence-electron chi connectivity index (χ1n) is 5.75. The number of rotatable bonds is 4. The molecule has 0 spiro atoms. The van der Waals surface area contributed by atoms with E-state index >= 15 is 0 Å². The fourth-order valence-corrected chi connectivity index (χ4v) is 3.58. The average Bonchev–Trinajstić information content (AvgIpc) is 2.39. The van der Waals surface area contributed by atoms with E-state index in [1.54, 1.807) is 0 Å². The van der Waals surface area contributed by atoms with Crippen LogP contribution in [0.5, 0.6) is 0 Å². The summed E-state index contributed by atoms with van der Waals surface area (Å²) in [4.78, 5) is 0. The number of hydrogen-bond donors (Lipinski definition) is 2. The summed E-state index contributed by atoms with van der Waals surface area (Å²) in [5, 5.41) is 0. The van der Waals surface area contributed by atoms with E-state index in [9.17, 15) is 0 Å². The van der Waals surface area contributed by atoms with Crippen LogP contribution in [-0.2, 0) is 6.42 Å². The molecule has 0 aromatic heterocycles. The molecule has 0 amide bonds. The highest BCUT2D eigenvalue weighted by atomic mass is 127. The van der Waals surface area contributed by atoms with Crippen LogP contribution in [-0.4, -0.2) is 0 Å². The van der Waals surface area contributed by atoms with Gasteiger partial charge in [-0.25, -0.2) is 0 Å². The molecule has 2 aromatic rings. The van der Waals surface area contributed by atoms with Crippen molar-refractivity contribution in [2.24, 2.45) is 5.84 Å². The van der Waals surface area contributed by atoms with Gasteiger partial charge < -0.3 is 0 Å². The van der Waals surface area contributed by atoms with Crippen molar-refractivity contribution in [2.75, 3.05) is 0 Å². The van der Waals surface area contributed by atoms with Gasteiger partial charge in [-0.15, -0.1) is 0 Å². The Balaban J connectivity index is 2.22. The minimum atomic E-state index is 0.0857. The molecule has 0 aliphatic carbocycles. The highest BCUT2D eigenvalue weighted by Crippen LogP contribution is 2.28. The van der Waals surface area contributed by atoms with Gasteiger partial charge in [0.2, 0.25) is 0 Å². The molecule has 0 heterocycles. The lowest BCUT2D eigenvalue weighted by Gasteiger charge is -2.18. The van der Waals surface area contributed by atoms with Crippen LogP contribution in [0.1, 0.15) is 17.2 Å². The van der Waals surface area contributed by atoms with Gasteiger partial charge >= 0.3 is 0 Å². The third-order valence-electron chi connectivity index (χ3n) is 2.89. The number of hydrogen-bond acceptors (Lipinski definition) is 2. The normalized spacial score (nSPS) is 12.4. The molecule has 5 heteroatoms. The Morgan fingerprint density at radius 2 is 1.79 bits per heavy atom. The monoisotopic (exact) mass is 494 g/mol. The molecular formula is C14H13Br2IN2. The molecule has 0 saturated carbocycles. The van der Waals surface area contributed by atoms with Crippen molar-refractivity contribution in [1.29, 1.82) is 0 Å². The summed E-state index contributed by atoms with van der Waals surface area (Å²) in [5.41, 5.74) is 5.31. The highest BCUT2D eigenvalue weighted by molar-refractivity contribution is 14.1. The van der Waals surface area contributed by atoms with E-state index in [0.29, 0.717) is 0 Å². The standard InChI is InChI=1S/C14H13Br2IN2/c15-10-3-6-12(13(16)8-10)14(19-18)7-9-1-4-11(17)5-2-9/h1-6,8,14,19H,7,18H2. The minimum Gasteiger partial charge on any atom is -0.271 e. The van der Waals surface area contributed by atoms with E-state index in [1.165, 1.54) is 9.13 Å². The summed E-state index contributed by atoms with van der Waals surface area (Å²) in [5.74, 6) is 5.71. The topological polar surface area (TPSA) is 38.0 Å². The molecule has 19 heavy (non-hydrogen) atoms. The molecule has 0 aliphatic rings. The first-order chi connectivity index (χ1) is 9.10. The third-order valence-corrected chi connectivity index (χ3v) is 4.79. The van der Waals surface area contributed by atoms with Gasteiger partial charge in [0, 0.05) is 12.5 Å². The van der Waals surface area contributed by atoms with Crippen molar-refractivity contribution in [3.63, 3.8) is 0 Å². The van der Waals surface area contributed by atoms with Crippen molar-refractivity contribution >= 4 is 54.5 Å². The van der Waals surface area contributed by atoms with E-state index in [4.69, 9.17) is 5.84 Å². The molecule has 3 N–H and O–H groups in total. The van der Waals surface area contributed by atoms with Crippen LogP contribution in [0.15, 0.2) is 51.4 Å². The number of hydrazine groups is 1. The lowest BCUT2D eigenvalue weighted by molar-refractivity contribution is 0.550. The SMILES string of the molecule is NNC(Cc1ccc(I)cc1)c1ccc(Br)cc1Br. The zero-order valence-corrected chi connectivity index (χ0v) is 15.4. The minimum absolute atomic E-state index is 0.0857. The zero-order valence-electron chi connectivity index (χ0n) is 10.0. The first kappa shape index (κ1) is 15.4. The molecular weight excluding hydrogens is 483 g/mol. The van der Waals surface area contributed by atoms with Gasteiger partial charge in [0.15, 0.2) is 0 Å². The van der Waals surface area contributed by atoms with Crippen molar-refractivity contribution in [3.8, 4) is 0 Å². The van der Waals surface area contributed by atoms with Crippen LogP contribution in [0.3, 0.4) is 0 Å². The van der Waals surface area contributed by atoms with Gasteiger partial charge in [0.25, 0.3) is 0 Å². The average molecular weight is 496 g/mol. The molecule has 1 unspecified atom stereocenters. The fourth-order valence-electron chi connectivity index (χ4n) is 1.90. The number of nitrogens with two attached hydrogens (primary N) is 1. The van der Waals surface area contributed by atoms with Crippen molar-refractivity contribution in [3.05, 3.63) is 66.1 Å². The number of benzene rings is 2. The highest BCUT2D eigenvalue weighted by Gasteiger charge is 2.14. The summed E-state index contributed by atoms with van der Waals surface area (Å²) < 4.78 is 3.34. The predicted octanol–water partition coefficient (Wildman–Crippen LogP) is 4.56. The Kier molecular flexibility index (Phi) is 5.83. The maximum atomic E-state index is 5.71. The molecule has 2 aromatic carbocycles. The van der Waals surface area contributed by atoms with E-state index in [-0.39, 0.29) is 6.04 Å². The Bertz CT molecular complexity index is 558. The molecule has 0 aliphatic heterocycles. The fraction of sp³-hybridized carbons (Fsp3) is 0.143. The second-order valence-electron chi connectivity index (χ2n) is 4.22. The Morgan fingerprint density at radius 3 is 2.37 bits per heavy atom. The van der Waals surface area contributed by atoms with Crippen LogP contribution < -0.4 is 11.3 Å². The summed E-state index contributed by atoms with van der Waals surface area (Å²) >= 11 is 9.35. The van der Waals surface area contributed by atoms with E-state index in [0.717, 1.165) is 20.9 Å². The molecule has 100 valence electrons. The Hall–Kier alpha value is 0.0500. The van der Waals surface area contributed by atoms with Crippen LogP contribution >= 0.6 is 54.5 Å². The van der Waals surface area contributed by atoms with Gasteiger partial charge in [-0.05, 0) is 64.4 Å². The van der Waals surface area contributed by atoms with Gasteiger partial charge in [-0.3, -0.25) is 11.3 Å². The van der Waals surface area contributed by atoms with Crippen molar-refractivity contribution in [1.82, 2.24) is 5.43 Å². The largest absolute Gasteiger partial charge is 0.271 e. The van der Waals surface area contributed by atoms with Gasteiger partial charge in [-0.1, -0.05) is 50.1 Å². The van der Waals surface area contributed by atoms with E-state index < -0.39 is 0 Å².